The Morgan fingerprint density at radius 3 is 2.46 bits per heavy atom. The van der Waals surface area contributed by atoms with E-state index in [4.69, 9.17) is 0 Å². The number of para-hydroxylation sites is 1. The van der Waals surface area contributed by atoms with E-state index < -0.39 is 15.8 Å². The summed E-state index contributed by atoms with van der Waals surface area (Å²) in [5.41, 5.74) is 2.46. The molecule has 1 aliphatic heterocycles. The number of anilines is 1. The first kappa shape index (κ1) is 16.9. The summed E-state index contributed by atoms with van der Waals surface area (Å²) in [5, 5.41) is 3.33. The zero-order valence-corrected chi connectivity index (χ0v) is 14.8. The molecule has 0 spiro atoms. The van der Waals surface area contributed by atoms with Crippen LogP contribution in [0.3, 0.4) is 0 Å². The molecule has 0 aliphatic carbocycles. The van der Waals surface area contributed by atoms with Crippen molar-refractivity contribution in [1.82, 2.24) is 5.32 Å². The molecule has 1 aliphatic rings. The van der Waals surface area contributed by atoms with Gasteiger partial charge in [0, 0.05) is 19.1 Å². The van der Waals surface area contributed by atoms with Gasteiger partial charge >= 0.3 is 0 Å². The van der Waals surface area contributed by atoms with Crippen LogP contribution in [0.2, 0.25) is 0 Å². The van der Waals surface area contributed by atoms with Crippen LogP contribution in [0.5, 0.6) is 0 Å². The van der Waals surface area contributed by atoms with Crippen LogP contribution in [0, 0.1) is 19.7 Å². The maximum Gasteiger partial charge on any atom is 0.264 e. The molecule has 3 rings (SSSR count). The van der Waals surface area contributed by atoms with E-state index >= 15 is 0 Å². The topological polar surface area (TPSA) is 49.4 Å². The Labute approximate surface area is 142 Å². The number of sulfonamides is 1. The second kappa shape index (κ2) is 6.18. The molecule has 0 aromatic heterocycles. The van der Waals surface area contributed by atoms with Gasteiger partial charge in [0.1, 0.15) is 5.82 Å². The first-order valence-corrected chi connectivity index (χ1v) is 9.35. The Hall–Kier alpha value is -1.92. The fourth-order valence-corrected chi connectivity index (χ4v) is 5.25. The van der Waals surface area contributed by atoms with Gasteiger partial charge in [0.05, 0.1) is 10.6 Å². The average molecular weight is 348 g/mol. The highest BCUT2D eigenvalue weighted by atomic mass is 32.2. The molecule has 1 N–H and O–H groups in total. The summed E-state index contributed by atoms with van der Waals surface area (Å²) in [6.07, 6.45) is 0. The second-order valence-electron chi connectivity index (χ2n) is 6.32. The standard InChI is InChI=1S/C18H21FN2O2S/c1-12-8-16(19)9-13(2)18(12)24(22,23)21-11-14(3)20-10-15-6-4-5-7-17(15)21/h4-9,14,20H,10-11H2,1-3H3. The van der Waals surface area contributed by atoms with Crippen molar-refractivity contribution in [2.24, 2.45) is 0 Å². The maximum absolute atomic E-state index is 13.6. The first-order chi connectivity index (χ1) is 11.3. The summed E-state index contributed by atoms with van der Waals surface area (Å²) in [6, 6.07) is 10.0. The van der Waals surface area contributed by atoms with Crippen molar-refractivity contribution in [1.29, 1.82) is 0 Å². The number of hydrogen-bond acceptors (Lipinski definition) is 3. The van der Waals surface area contributed by atoms with Gasteiger partial charge in [-0.05, 0) is 55.7 Å². The van der Waals surface area contributed by atoms with E-state index in [0.717, 1.165) is 5.56 Å². The summed E-state index contributed by atoms with van der Waals surface area (Å²) in [4.78, 5) is 0.188. The fourth-order valence-electron chi connectivity index (χ4n) is 3.24. The number of halogens is 1. The van der Waals surface area contributed by atoms with E-state index in [1.807, 2.05) is 31.2 Å². The number of rotatable bonds is 2. The Bertz CT molecular complexity index is 857. The molecule has 4 nitrogen and oxygen atoms in total. The predicted octanol–water partition coefficient (Wildman–Crippen LogP) is 3.13. The van der Waals surface area contributed by atoms with Crippen molar-refractivity contribution in [2.45, 2.75) is 38.3 Å². The number of aryl methyl sites for hydroxylation is 2. The van der Waals surface area contributed by atoms with Crippen molar-refractivity contribution in [3.63, 3.8) is 0 Å². The molecule has 0 saturated carbocycles. The summed E-state index contributed by atoms with van der Waals surface area (Å²) in [5.74, 6) is -0.421. The molecule has 0 bridgehead atoms. The minimum atomic E-state index is -3.78. The molecule has 2 aromatic carbocycles. The molecule has 1 unspecified atom stereocenters. The minimum absolute atomic E-state index is 0.00763. The maximum atomic E-state index is 13.6. The molecule has 1 heterocycles. The first-order valence-electron chi connectivity index (χ1n) is 7.91. The van der Waals surface area contributed by atoms with Crippen LogP contribution < -0.4 is 9.62 Å². The largest absolute Gasteiger partial charge is 0.308 e. The van der Waals surface area contributed by atoms with E-state index in [0.29, 0.717) is 29.9 Å². The van der Waals surface area contributed by atoms with Gasteiger partial charge in [-0.15, -0.1) is 0 Å². The molecule has 2 aromatic rings. The molecule has 1 atom stereocenters. The monoisotopic (exact) mass is 348 g/mol. The quantitative estimate of drug-likeness (QED) is 0.907. The van der Waals surface area contributed by atoms with Crippen molar-refractivity contribution >= 4 is 15.7 Å². The van der Waals surface area contributed by atoms with Crippen LogP contribution in [0.1, 0.15) is 23.6 Å². The Balaban J connectivity index is 2.19. The lowest BCUT2D eigenvalue weighted by Gasteiger charge is -2.27. The highest BCUT2D eigenvalue weighted by Gasteiger charge is 2.32. The van der Waals surface area contributed by atoms with Gasteiger partial charge in [-0.1, -0.05) is 18.2 Å². The summed E-state index contributed by atoms with van der Waals surface area (Å²) >= 11 is 0. The number of benzene rings is 2. The normalized spacial score (nSPS) is 18.2. The minimum Gasteiger partial charge on any atom is -0.308 e. The van der Waals surface area contributed by atoms with Crippen molar-refractivity contribution in [3.05, 3.63) is 58.9 Å². The van der Waals surface area contributed by atoms with Crippen LogP contribution in [-0.4, -0.2) is 21.0 Å². The lowest BCUT2D eigenvalue weighted by molar-refractivity contribution is 0.555. The molecule has 0 saturated heterocycles. The zero-order chi connectivity index (χ0) is 17.5. The van der Waals surface area contributed by atoms with Crippen LogP contribution >= 0.6 is 0 Å². The molecular weight excluding hydrogens is 327 g/mol. The lowest BCUT2D eigenvalue weighted by atomic mass is 10.1. The van der Waals surface area contributed by atoms with Gasteiger partial charge in [0.25, 0.3) is 10.0 Å². The van der Waals surface area contributed by atoms with Gasteiger partial charge in [0.15, 0.2) is 0 Å². The number of nitrogens with one attached hydrogen (secondary N) is 1. The van der Waals surface area contributed by atoms with Gasteiger partial charge < -0.3 is 5.32 Å². The van der Waals surface area contributed by atoms with E-state index in [1.54, 1.807) is 13.8 Å². The van der Waals surface area contributed by atoms with Gasteiger partial charge in [0.2, 0.25) is 0 Å². The van der Waals surface area contributed by atoms with Gasteiger partial charge in [-0.2, -0.15) is 0 Å². The molecular formula is C18H21FN2O2S. The summed E-state index contributed by atoms with van der Waals surface area (Å²) < 4.78 is 41.8. The van der Waals surface area contributed by atoms with E-state index in [1.165, 1.54) is 16.4 Å². The average Bonchev–Trinajstić information content (AvgIpc) is 2.66. The third-order valence-electron chi connectivity index (χ3n) is 4.31. The summed E-state index contributed by atoms with van der Waals surface area (Å²) in [7, 11) is -3.78. The molecule has 24 heavy (non-hydrogen) atoms. The zero-order valence-electron chi connectivity index (χ0n) is 14.0. The van der Waals surface area contributed by atoms with E-state index in [9.17, 15) is 12.8 Å². The van der Waals surface area contributed by atoms with Crippen molar-refractivity contribution < 1.29 is 12.8 Å². The highest BCUT2D eigenvalue weighted by molar-refractivity contribution is 7.93. The molecule has 128 valence electrons. The molecule has 0 amide bonds. The van der Waals surface area contributed by atoms with Crippen LogP contribution in [0.25, 0.3) is 0 Å². The van der Waals surface area contributed by atoms with Crippen LogP contribution in [0.15, 0.2) is 41.3 Å². The third kappa shape index (κ3) is 2.91. The van der Waals surface area contributed by atoms with E-state index in [2.05, 4.69) is 5.32 Å². The van der Waals surface area contributed by atoms with Crippen LogP contribution in [0.4, 0.5) is 10.1 Å². The molecule has 6 heteroatoms. The number of hydrogen-bond donors (Lipinski definition) is 1. The van der Waals surface area contributed by atoms with E-state index in [-0.39, 0.29) is 10.9 Å². The summed E-state index contributed by atoms with van der Waals surface area (Å²) in [6.45, 7) is 6.17. The lowest BCUT2D eigenvalue weighted by Crippen LogP contribution is -2.40. The van der Waals surface area contributed by atoms with Gasteiger partial charge in [-0.3, -0.25) is 4.31 Å². The van der Waals surface area contributed by atoms with Crippen LogP contribution in [-0.2, 0) is 16.6 Å². The van der Waals surface area contributed by atoms with Crippen molar-refractivity contribution in [2.75, 3.05) is 10.8 Å². The smallest absolute Gasteiger partial charge is 0.264 e. The van der Waals surface area contributed by atoms with Crippen molar-refractivity contribution in [3.8, 4) is 0 Å². The predicted molar refractivity (Wildman–Crippen MR) is 93.1 cm³/mol. The Morgan fingerprint density at radius 2 is 1.79 bits per heavy atom. The third-order valence-corrected chi connectivity index (χ3v) is 6.40. The van der Waals surface area contributed by atoms with Gasteiger partial charge in [-0.25, -0.2) is 12.8 Å². The number of fused-ring (bicyclic) bond motifs is 1. The highest BCUT2D eigenvalue weighted by Crippen LogP contribution is 2.32. The fraction of sp³-hybridized carbons (Fsp3) is 0.333. The number of nitrogens with zero attached hydrogens (tertiary/aromatic N) is 1. The molecule has 0 fully saturated rings. The molecule has 0 radical (unpaired) electrons. The Kier molecular flexibility index (Phi) is 4.36. The SMILES string of the molecule is Cc1cc(F)cc(C)c1S(=O)(=O)N1CC(C)NCc2ccccc21. The second-order valence-corrected chi connectivity index (χ2v) is 8.11. The Morgan fingerprint density at radius 1 is 1.17 bits per heavy atom.